The summed E-state index contributed by atoms with van der Waals surface area (Å²) < 4.78 is 0. The number of anilines is 4. The first kappa shape index (κ1) is 22.3. The highest BCUT2D eigenvalue weighted by Crippen LogP contribution is 2.47. The minimum Gasteiger partial charge on any atom is -0.481 e. The van der Waals surface area contributed by atoms with Gasteiger partial charge in [-0.1, -0.05) is 29.8 Å². The molecule has 1 atom stereocenters. The van der Waals surface area contributed by atoms with E-state index in [0.717, 1.165) is 36.4 Å². The van der Waals surface area contributed by atoms with Crippen LogP contribution in [0.2, 0.25) is 5.02 Å². The van der Waals surface area contributed by atoms with E-state index in [0.29, 0.717) is 22.7 Å². The first-order chi connectivity index (χ1) is 16.8. The van der Waals surface area contributed by atoms with E-state index in [-0.39, 0.29) is 6.54 Å². The van der Waals surface area contributed by atoms with Gasteiger partial charge in [0.15, 0.2) is 5.82 Å². The number of carboxylic acids is 1. The molecule has 1 aromatic heterocycles. The van der Waals surface area contributed by atoms with Gasteiger partial charge >= 0.3 is 5.97 Å². The highest BCUT2D eigenvalue weighted by molar-refractivity contribution is 6.33. The molecule has 35 heavy (non-hydrogen) atoms. The van der Waals surface area contributed by atoms with Gasteiger partial charge < -0.3 is 20.2 Å². The Labute approximate surface area is 209 Å². The lowest BCUT2D eigenvalue weighted by molar-refractivity contribution is -0.142. The highest BCUT2D eigenvalue weighted by Gasteiger charge is 2.46. The zero-order chi connectivity index (χ0) is 24.3. The van der Waals surface area contributed by atoms with Gasteiger partial charge in [-0.2, -0.15) is 4.98 Å². The van der Waals surface area contributed by atoms with E-state index in [1.54, 1.807) is 13.1 Å². The number of rotatable bonds is 5. The summed E-state index contributed by atoms with van der Waals surface area (Å²) >= 11 is 6.56. The Morgan fingerprint density at radius 3 is 2.83 bits per heavy atom. The van der Waals surface area contributed by atoms with Crippen molar-refractivity contribution in [1.29, 1.82) is 0 Å². The molecule has 3 aromatic rings. The molecule has 1 saturated carbocycles. The van der Waals surface area contributed by atoms with E-state index in [1.165, 1.54) is 29.5 Å². The molecule has 180 valence electrons. The van der Waals surface area contributed by atoms with Gasteiger partial charge in [0.05, 0.1) is 6.20 Å². The molecule has 8 heteroatoms. The second-order valence-electron chi connectivity index (χ2n) is 10.2. The molecule has 0 saturated heterocycles. The molecule has 0 radical (unpaired) electrons. The van der Waals surface area contributed by atoms with Crippen molar-refractivity contribution in [1.82, 2.24) is 14.9 Å². The number of aliphatic carboxylic acids is 1. The van der Waals surface area contributed by atoms with Gasteiger partial charge in [-0.05, 0) is 79.6 Å². The number of fused-ring (bicyclic) bond motifs is 2. The van der Waals surface area contributed by atoms with Crippen LogP contribution in [0.25, 0.3) is 0 Å². The van der Waals surface area contributed by atoms with Gasteiger partial charge in [-0.25, -0.2) is 4.98 Å². The van der Waals surface area contributed by atoms with Gasteiger partial charge in [-0.15, -0.1) is 0 Å². The molecule has 3 aliphatic rings. The first-order valence-corrected chi connectivity index (χ1v) is 12.5. The number of nitrogens with one attached hydrogen (secondary N) is 1. The molecular weight excluding hydrogens is 462 g/mol. The van der Waals surface area contributed by atoms with Gasteiger partial charge in [0.2, 0.25) is 5.95 Å². The number of benzene rings is 2. The largest absolute Gasteiger partial charge is 0.481 e. The molecule has 2 N–H and O–H groups in total. The average Bonchev–Trinajstić information content (AvgIpc) is 3.64. The van der Waals surface area contributed by atoms with Crippen molar-refractivity contribution in [2.24, 2.45) is 0 Å². The SMILES string of the molecule is CN1CCc2c(cc(Nc3ncc(Cl)c(N4CC(C)(C(=O)O)c5ccccc54)n3)cc2C2CC2)C1. The summed E-state index contributed by atoms with van der Waals surface area (Å²) in [5.74, 6) is 0.728. The van der Waals surface area contributed by atoms with E-state index in [4.69, 9.17) is 16.6 Å². The number of carbonyl (C=O) groups is 1. The summed E-state index contributed by atoms with van der Waals surface area (Å²) in [6, 6.07) is 12.0. The van der Waals surface area contributed by atoms with E-state index in [9.17, 15) is 9.90 Å². The van der Waals surface area contributed by atoms with Crippen LogP contribution in [0, 0.1) is 0 Å². The predicted octanol–water partition coefficient (Wildman–Crippen LogP) is 5.23. The highest BCUT2D eigenvalue weighted by atomic mass is 35.5. The van der Waals surface area contributed by atoms with Crippen molar-refractivity contribution in [3.05, 3.63) is 69.9 Å². The number of nitrogens with zero attached hydrogens (tertiary/aromatic N) is 4. The van der Waals surface area contributed by atoms with Crippen molar-refractivity contribution in [2.45, 2.75) is 44.1 Å². The van der Waals surface area contributed by atoms with Gasteiger partial charge in [-0.3, -0.25) is 4.79 Å². The van der Waals surface area contributed by atoms with Crippen LogP contribution in [0.15, 0.2) is 42.6 Å². The van der Waals surface area contributed by atoms with E-state index < -0.39 is 11.4 Å². The molecule has 7 nitrogen and oxygen atoms in total. The lowest BCUT2D eigenvalue weighted by atomic mass is 9.85. The second kappa shape index (κ2) is 8.21. The predicted molar refractivity (Wildman–Crippen MR) is 137 cm³/mol. The topological polar surface area (TPSA) is 81.6 Å². The smallest absolute Gasteiger partial charge is 0.315 e. The van der Waals surface area contributed by atoms with Crippen LogP contribution in [-0.4, -0.2) is 46.1 Å². The van der Waals surface area contributed by atoms with E-state index >= 15 is 0 Å². The fraction of sp³-hybridized carbons (Fsp3) is 0.370. The number of carboxylic acid groups (broad SMARTS) is 1. The Balaban J connectivity index is 1.36. The summed E-state index contributed by atoms with van der Waals surface area (Å²) in [5, 5.41) is 13.8. The molecule has 0 spiro atoms. The van der Waals surface area contributed by atoms with Crippen molar-refractivity contribution in [3.63, 3.8) is 0 Å². The molecule has 2 aromatic carbocycles. The zero-order valence-electron chi connectivity index (χ0n) is 19.9. The first-order valence-electron chi connectivity index (χ1n) is 12.1. The molecule has 2 aliphatic heterocycles. The van der Waals surface area contributed by atoms with Crippen molar-refractivity contribution in [2.75, 3.05) is 30.4 Å². The van der Waals surface area contributed by atoms with Crippen molar-refractivity contribution in [3.8, 4) is 0 Å². The number of para-hydroxylation sites is 1. The van der Waals surface area contributed by atoms with Crippen molar-refractivity contribution >= 4 is 40.7 Å². The maximum atomic E-state index is 12.2. The lowest BCUT2D eigenvalue weighted by Crippen LogP contribution is -2.36. The third-order valence-electron chi connectivity index (χ3n) is 7.55. The summed E-state index contributed by atoms with van der Waals surface area (Å²) in [4.78, 5) is 25.6. The maximum Gasteiger partial charge on any atom is 0.315 e. The quantitative estimate of drug-likeness (QED) is 0.507. The van der Waals surface area contributed by atoms with Crippen molar-refractivity contribution < 1.29 is 9.90 Å². The zero-order valence-corrected chi connectivity index (χ0v) is 20.6. The summed E-state index contributed by atoms with van der Waals surface area (Å²) in [6.45, 7) is 4.02. The molecule has 1 aliphatic carbocycles. The minimum atomic E-state index is -1.05. The van der Waals surface area contributed by atoms with Gasteiger partial charge in [0.25, 0.3) is 0 Å². The Kier molecular flexibility index (Phi) is 5.23. The van der Waals surface area contributed by atoms with E-state index in [1.807, 2.05) is 29.2 Å². The fourth-order valence-corrected chi connectivity index (χ4v) is 5.67. The monoisotopic (exact) mass is 489 g/mol. The number of halogens is 1. The molecular formula is C27H28ClN5O2. The normalized spacial score (nSPS) is 21.5. The molecule has 1 fully saturated rings. The van der Waals surface area contributed by atoms with Gasteiger partial charge in [0.1, 0.15) is 10.4 Å². The Bertz CT molecular complexity index is 1340. The number of hydrogen-bond donors (Lipinski definition) is 2. The Hall–Kier alpha value is -3.16. The summed E-state index contributed by atoms with van der Waals surface area (Å²) in [5.41, 5.74) is 5.81. The van der Waals surface area contributed by atoms with Crippen LogP contribution in [-0.2, 0) is 23.2 Å². The van der Waals surface area contributed by atoms with Crippen LogP contribution in [0.1, 0.15) is 47.9 Å². The van der Waals surface area contributed by atoms with Crippen LogP contribution < -0.4 is 10.2 Å². The fourth-order valence-electron chi connectivity index (χ4n) is 5.48. The minimum absolute atomic E-state index is 0.245. The molecule has 3 heterocycles. The standard InChI is InChI=1S/C27H28ClN5O2/c1-27(25(34)35)15-33(23-6-4-3-5-21(23)27)24-22(28)13-29-26(31-24)30-18-11-17-14-32(2)10-9-19(17)20(12-18)16-7-8-16/h3-6,11-13,16H,7-10,14-15H2,1-2H3,(H,34,35)(H,29,30,31). The Morgan fingerprint density at radius 2 is 2.06 bits per heavy atom. The molecule has 0 amide bonds. The molecule has 6 rings (SSSR count). The lowest BCUT2D eigenvalue weighted by Gasteiger charge is -2.28. The maximum absolute atomic E-state index is 12.2. The number of hydrogen-bond acceptors (Lipinski definition) is 6. The third kappa shape index (κ3) is 3.83. The van der Waals surface area contributed by atoms with Crippen LogP contribution in [0.5, 0.6) is 0 Å². The third-order valence-corrected chi connectivity index (χ3v) is 7.82. The summed E-state index contributed by atoms with van der Waals surface area (Å²) in [7, 11) is 2.16. The van der Waals surface area contributed by atoms with E-state index in [2.05, 4.69) is 34.4 Å². The van der Waals surface area contributed by atoms with Crippen LogP contribution >= 0.6 is 11.6 Å². The Morgan fingerprint density at radius 1 is 1.26 bits per heavy atom. The number of aromatic nitrogens is 2. The second-order valence-corrected chi connectivity index (χ2v) is 10.6. The average molecular weight is 490 g/mol. The molecule has 1 unspecified atom stereocenters. The van der Waals surface area contributed by atoms with Crippen LogP contribution in [0.4, 0.5) is 23.1 Å². The summed E-state index contributed by atoms with van der Waals surface area (Å²) in [6.07, 6.45) is 5.18. The molecule has 0 bridgehead atoms. The van der Waals surface area contributed by atoms with Crippen LogP contribution in [0.3, 0.4) is 0 Å². The number of likely N-dealkylation sites (N-methyl/N-ethyl adjacent to an activating group) is 1. The van der Waals surface area contributed by atoms with Gasteiger partial charge in [0, 0.05) is 31.0 Å².